The lowest BCUT2D eigenvalue weighted by Crippen LogP contribution is -2.50. The van der Waals surface area contributed by atoms with E-state index in [1.807, 2.05) is 6.92 Å². The normalized spacial score (nSPS) is 40.2. The lowest BCUT2D eigenvalue weighted by Gasteiger charge is -2.52. The average Bonchev–Trinajstić information content (AvgIpc) is 2.36. The first-order valence-electron chi connectivity index (χ1n) is 6.84. The van der Waals surface area contributed by atoms with Crippen LogP contribution < -0.4 is 0 Å². The number of hydrogen-bond donors (Lipinski definition) is 0. The monoisotopic (exact) mass is 338 g/mol. The molecule has 2 fully saturated rings. The van der Waals surface area contributed by atoms with Crippen molar-refractivity contribution < 1.29 is 14.4 Å². The van der Waals surface area contributed by atoms with E-state index in [1.165, 1.54) is 0 Å². The smallest absolute Gasteiger partial charge is 0.227 e. The van der Waals surface area contributed by atoms with Gasteiger partial charge in [0.15, 0.2) is 0 Å². The zero-order valence-corrected chi connectivity index (χ0v) is 13.5. The molecule has 3 nitrogen and oxygen atoms in total. The van der Waals surface area contributed by atoms with Gasteiger partial charge in [0.1, 0.15) is 0 Å². The van der Waals surface area contributed by atoms with E-state index in [4.69, 9.17) is 34.8 Å². The SMILES string of the molecule is CCC1(C(=O)Cl)CC2CC(C(=O)Cl)CC(C(=O)Cl)(C2)C1. The van der Waals surface area contributed by atoms with E-state index in [-0.39, 0.29) is 11.8 Å². The largest absolute Gasteiger partial charge is 0.281 e. The molecule has 2 rings (SSSR count). The Morgan fingerprint density at radius 3 is 2.15 bits per heavy atom. The standard InChI is InChI=1S/C14H17Cl3O3/c1-2-13(11(16)19)4-8-3-9(10(15)18)6-14(5-8,7-13)12(17)20/h8-9H,2-7H2,1H3. The van der Waals surface area contributed by atoms with E-state index in [0.717, 1.165) is 0 Å². The second kappa shape index (κ2) is 5.58. The molecule has 0 aromatic carbocycles. The van der Waals surface area contributed by atoms with Crippen LogP contribution in [0.2, 0.25) is 0 Å². The first-order valence-corrected chi connectivity index (χ1v) is 7.97. The van der Waals surface area contributed by atoms with Gasteiger partial charge >= 0.3 is 0 Å². The fraction of sp³-hybridized carbons (Fsp3) is 0.786. The Hall–Kier alpha value is -0.120. The van der Waals surface area contributed by atoms with E-state index in [2.05, 4.69) is 0 Å². The molecule has 0 heterocycles. The van der Waals surface area contributed by atoms with E-state index in [9.17, 15) is 14.4 Å². The van der Waals surface area contributed by atoms with Gasteiger partial charge in [-0.3, -0.25) is 14.4 Å². The Morgan fingerprint density at radius 2 is 1.70 bits per heavy atom. The highest BCUT2D eigenvalue weighted by atomic mass is 35.5. The van der Waals surface area contributed by atoms with Crippen molar-refractivity contribution in [2.24, 2.45) is 22.7 Å². The van der Waals surface area contributed by atoms with Crippen LogP contribution in [-0.4, -0.2) is 15.7 Å². The van der Waals surface area contributed by atoms with Gasteiger partial charge in [0, 0.05) is 16.7 Å². The Labute approximate surface area is 133 Å². The van der Waals surface area contributed by atoms with Gasteiger partial charge in [0.05, 0.1) is 0 Å². The van der Waals surface area contributed by atoms with Crippen LogP contribution in [0, 0.1) is 22.7 Å². The molecule has 2 saturated carbocycles. The van der Waals surface area contributed by atoms with Crippen LogP contribution in [0.25, 0.3) is 0 Å². The summed E-state index contributed by atoms with van der Waals surface area (Å²) in [5.74, 6) is -0.256. The minimum atomic E-state index is -0.835. The molecule has 2 aliphatic rings. The first kappa shape index (κ1) is 16.3. The number of fused-ring (bicyclic) bond motifs is 2. The van der Waals surface area contributed by atoms with Gasteiger partial charge < -0.3 is 0 Å². The van der Waals surface area contributed by atoms with Crippen molar-refractivity contribution in [2.75, 3.05) is 0 Å². The van der Waals surface area contributed by atoms with Crippen molar-refractivity contribution in [2.45, 2.75) is 45.4 Å². The molecule has 0 N–H and O–H groups in total. The quantitative estimate of drug-likeness (QED) is 0.730. The second-order valence-electron chi connectivity index (χ2n) is 6.35. The molecular formula is C14H17Cl3O3. The number of halogens is 3. The molecule has 0 radical (unpaired) electrons. The zero-order valence-electron chi connectivity index (χ0n) is 11.3. The van der Waals surface area contributed by atoms with Crippen molar-refractivity contribution in [1.82, 2.24) is 0 Å². The topological polar surface area (TPSA) is 51.2 Å². The van der Waals surface area contributed by atoms with E-state index in [0.29, 0.717) is 38.5 Å². The van der Waals surface area contributed by atoms with Crippen molar-refractivity contribution in [3.63, 3.8) is 0 Å². The summed E-state index contributed by atoms with van der Waals surface area (Å²) in [7, 11) is 0. The lowest BCUT2D eigenvalue weighted by molar-refractivity contribution is -0.142. The molecular weight excluding hydrogens is 323 g/mol. The van der Waals surface area contributed by atoms with Crippen molar-refractivity contribution >= 4 is 50.5 Å². The second-order valence-corrected chi connectivity index (χ2v) is 7.41. The third-order valence-corrected chi connectivity index (χ3v) is 6.23. The minimum Gasteiger partial charge on any atom is -0.281 e. The van der Waals surface area contributed by atoms with Crippen LogP contribution >= 0.6 is 34.8 Å². The Morgan fingerprint density at radius 1 is 1.05 bits per heavy atom. The molecule has 4 atom stereocenters. The van der Waals surface area contributed by atoms with E-state index < -0.39 is 26.6 Å². The summed E-state index contributed by atoms with van der Waals surface area (Å²) < 4.78 is 0. The summed E-state index contributed by atoms with van der Waals surface area (Å²) in [5.41, 5.74) is -1.53. The van der Waals surface area contributed by atoms with Crippen LogP contribution in [0.3, 0.4) is 0 Å². The highest BCUT2D eigenvalue weighted by Crippen LogP contribution is 2.59. The maximum absolute atomic E-state index is 12.0. The van der Waals surface area contributed by atoms with E-state index >= 15 is 0 Å². The summed E-state index contributed by atoms with van der Waals surface area (Å²) in [6, 6.07) is 0. The summed E-state index contributed by atoms with van der Waals surface area (Å²) in [4.78, 5) is 35.3. The summed E-state index contributed by atoms with van der Waals surface area (Å²) in [5, 5.41) is -1.29. The fourth-order valence-electron chi connectivity index (χ4n) is 4.21. The maximum Gasteiger partial charge on any atom is 0.227 e. The molecule has 0 aliphatic heterocycles. The fourth-order valence-corrected chi connectivity index (χ4v) is 4.87. The molecule has 0 aromatic heterocycles. The highest BCUT2D eigenvalue weighted by Gasteiger charge is 2.57. The van der Waals surface area contributed by atoms with Crippen LogP contribution in [0.4, 0.5) is 0 Å². The Kier molecular flexibility index (Phi) is 4.54. The summed E-state index contributed by atoms with van der Waals surface area (Å²) >= 11 is 17.2. The lowest BCUT2D eigenvalue weighted by atomic mass is 9.52. The van der Waals surface area contributed by atoms with Gasteiger partial charge in [0.25, 0.3) is 0 Å². The molecule has 112 valence electrons. The van der Waals surface area contributed by atoms with Gasteiger partial charge in [-0.25, -0.2) is 0 Å². The molecule has 0 spiro atoms. The molecule has 6 heteroatoms. The molecule has 0 aromatic rings. The van der Waals surface area contributed by atoms with Crippen LogP contribution in [0.5, 0.6) is 0 Å². The number of carbonyl (C=O) groups excluding carboxylic acids is 3. The van der Waals surface area contributed by atoms with Gasteiger partial charge in [-0.1, -0.05) is 6.92 Å². The summed E-state index contributed by atoms with van der Waals surface area (Å²) in [6.07, 6.45) is 3.09. The van der Waals surface area contributed by atoms with Crippen LogP contribution in [-0.2, 0) is 14.4 Å². The number of rotatable bonds is 4. The van der Waals surface area contributed by atoms with Gasteiger partial charge in [-0.05, 0) is 79.2 Å². The van der Waals surface area contributed by atoms with E-state index in [1.54, 1.807) is 0 Å². The maximum atomic E-state index is 12.0. The molecule has 20 heavy (non-hydrogen) atoms. The molecule has 2 aliphatic carbocycles. The van der Waals surface area contributed by atoms with Crippen molar-refractivity contribution in [3.05, 3.63) is 0 Å². The van der Waals surface area contributed by atoms with Gasteiger partial charge in [-0.15, -0.1) is 0 Å². The van der Waals surface area contributed by atoms with Gasteiger partial charge in [0.2, 0.25) is 15.7 Å². The Bertz CT molecular complexity index is 465. The zero-order chi connectivity index (χ0) is 15.1. The minimum absolute atomic E-state index is 0.0931. The number of carbonyl (C=O) groups is 3. The third-order valence-electron chi connectivity index (χ3n) is 5.12. The molecule has 0 amide bonds. The average molecular weight is 340 g/mol. The molecule has 0 saturated heterocycles. The van der Waals surface area contributed by atoms with Crippen LogP contribution in [0.1, 0.15) is 45.4 Å². The first-order chi connectivity index (χ1) is 9.24. The summed E-state index contributed by atoms with van der Waals surface area (Å²) in [6.45, 7) is 1.90. The molecule has 2 bridgehead atoms. The van der Waals surface area contributed by atoms with Crippen molar-refractivity contribution in [1.29, 1.82) is 0 Å². The Balaban J connectivity index is 2.40. The molecule has 4 unspecified atom stereocenters. The number of hydrogen-bond acceptors (Lipinski definition) is 3. The highest BCUT2D eigenvalue weighted by molar-refractivity contribution is 6.66. The third kappa shape index (κ3) is 2.65. The van der Waals surface area contributed by atoms with Gasteiger partial charge in [-0.2, -0.15) is 0 Å². The van der Waals surface area contributed by atoms with Crippen molar-refractivity contribution in [3.8, 4) is 0 Å². The predicted molar refractivity (Wildman–Crippen MR) is 77.8 cm³/mol. The predicted octanol–water partition coefficient (Wildman–Crippen LogP) is 3.88. The van der Waals surface area contributed by atoms with Crippen LogP contribution in [0.15, 0.2) is 0 Å².